The molecule has 21 heavy (non-hydrogen) atoms. The van der Waals surface area contributed by atoms with Crippen LogP contribution in [0.4, 0.5) is 0 Å². The van der Waals surface area contributed by atoms with Gasteiger partial charge in [0.2, 0.25) is 5.91 Å². The minimum Gasteiger partial charge on any atom is -0.421 e. The van der Waals surface area contributed by atoms with Crippen LogP contribution in [0.2, 0.25) is 5.02 Å². The predicted molar refractivity (Wildman–Crippen MR) is 80.4 cm³/mol. The second-order valence-electron chi connectivity index (χ2n) is 4.43. The number of rotatable bonds is 4. The van der Waals surface area contributed by atoms with Crippen molar-refractivity contribution in [1.29, 1.82) is 0 Å². The van der Waals surface area contributed by atoms with Gasteiger partial charge in [0.1, 0.15) is 5.75 Å². The molecule has 1 amide bonds. The Morgan fingerprint density at radius 1 is 1.10 bits per heavy atom. The Kier molecular flexibility index (Phi) is 4.95. The molecule has 0 aliphatic heterocycles. The molecule has 0 heterocycles. The summed E-state index contributed by atoms with van der Waals surface area (Å²) in [6, 6.07) is 13.6. The maximum atomic E-state index is 12.0. The van der Waals surface area contributed by atoms with Crippen LogP contribution in [0.25, 0.3) is 0 Å². The highest BCUT2D eigenvalue weighted by Gasteiger charge is 2.10. The molecule has 0 radical (unpaired) electrons. The molecule has 0 fully saturated rings. The number of hydrogen-bond donors (Lipinski definition) is 1. The van der Waals surface area contributed by atoms with E-state index < -0.39 is 5.97 Å². The highest BCUT2D eigenvalue weighted by atomic mass is 35.5. The van der Waals surface area contributed by atoms with E-state index in [0.29, 0.717) is 22.9 Å². The fourth-order valence-corrected chi connectivity index (χ4v) is 1.85. The van der Waals surface area contributed by atoms with Crippen LogP contribution < -0.4 is 10.1 Å². The van der Waals surface area contributed by atoms with Gasteiger partial charge >= 0.3 is 5.97 Å². The van der Waals surface area contributed by atoms with Gasteiger partial charge < -0.3 is 10.1 Å². The second-order valence-corrected chi connectivity index (χ2v) is 4.83. The van der Waals surface area contributed by atoms with Crippen molar-refractivity contribution < 1.29 is 14.3 Å². The molecule has 2 rings (SSSR count). The van der Waals surface area contributed by atoms with E-state index in [-0.39, 0.29) is 5.91 Å². The molecule has 0 aromatic heterocycles. The zero-order chi connectivity index (χ0) is 15.2. The lowest BCUT2D eigenvalue weighted by Gasteiger charge is -2.07. The Balaban J connectivity index is 2.03. The van der Waals surface area contributed by atoms with E-state index in [1.54, 1.807) is 48.5 Å². The SMILES string of the molecule is CC(=O)NCc1ccc(C(=O)Oc2ccccc2Cl)cc1. The molecule has 0 bridgehead atoms. The van der Waals surface area contributed by atoms with Crippen LogP contribution >= 0.6 is 11.6 Å². The molecule has 2 aromatic carbocycles. The highest BCUT2D eigenvalue weighted by Crippen LogP contribution is 2.24. The number of benzene rings is 2. The van der Waals surface area contributed by atoms with E-state index in [0.717, 1.165) is 5.56 Å². The summed E-state index contributed by atoms with van der Waals surface area (Å²) in [7, 11) is 0. The van der Waals surface area contributed by atoms with Crippen molar-refractivity contribution in [3.05, 3.63) is 64.7 Å². The Bertz CT molecular complexity index is 653. The van der Waals surface area contributed by atoms with Crippen molar-refractivity contribution in [2.75, 3.05) is 0 Å². The fourth-order valence-electron chi connectivity index (χ4n) is 1.67. The first-order valence-corrected chi connectivity index (χ1v) is 6.74. The van der Waals surface area contributed by atoms with Crippen LogP contribution in [-0.4, -0.2) is 11.9 Å². The van der Waals surface area contributed by atoms with E-state index in [1.165, 1.54) is 6.92 Å². The lowest BCUT2D eigenvalue weighted by atomic mass is 10.1. The van der Waals surface area contributed by atoms with Crippen molar-refractivity contribution in [2.24, 2.45) is 0 Å². The summed E-state index contributed by atoms with van der Waals surface area (Å²) in [5, 5.41) is 3.07. The van der Waals surface area contributed by atoms with E-state index in [2.05, 4.69) is 5.32 Å². The Hall–Kier alpha value is -2.33. The van der Waals surface area contributed by atoms with Crippen molar-refractivity contribution >= 4 is 23.5 Å². The van der Waals surface area contributed by atoms with Gasteiger partial charge in [-0.05, 0) is 29.8 Å². The Labute approximate surface area is 127 Å². The average Bonchev–Trinajstić information content (AvgIpc) is 2.48. The molecular formula is C16H14ClNO3. The molecule has 5 heteroatoms. The number of halogens is 1. The molecule has 4 nitrogen and oxygen atoms in total. The maximum absolute atomic E-state index is 12.0. The van der Waals surface area contributed by atoms with Gasteiger partial charge in [-0.15, -0.1) is 0 Å². The second kappa shape index (κ2) is 6.90. The van der Waals surface area contributed by atoms with Gasteiger partial charge in [-0.1, -0.05) is 35.9 Å². The number of esters is 1. The number of carbonyl (C=O) groups excluding carboxylic acids is 2. The third-order valence-electron chi connectivity index (χ3n) is 2.77. The topological polar surface area (TPSA) is 55.4 Å². The van der Waals surface area contributed by atoms with Crippen molar-refractivity contribution in [3.63, 3.8) is 0 Å². The summed E-state index contributed by atoms with van der Waals surface area (Å²) in [6.45, 7) is 1.88. The van der Waals surface area contributed by atoms with Gasteiger partial charge in [-0.2, -0.15) is 0 Å². The number of nitrogens with one attached hydrogen (secondary N) is 1. The first-order chi connectivity index (χ1) is 10.1. The van der Waals surface area contributed by atoms with Gasteiger partial charge in [-0.25, -0.2) is 4.79 Å². The maximum Gasteiger partial charge on any atom is 0.343 e. The van der Waals surface area contributed by atoms with Crippen molar-refractivity contribution in [2.45, 2.75) is 13.5 Å². The number of hydrogen-bond acceptors (Lipinski definition) is 3. The minimum atomic E-state index is -0.478. The number of ether oxygens (including phenoxy) is 1. The van der Waals surface area contributed by atoms with E-state index >= 15 is 0 Å². The number of para-hydroxylation sites is 1. The Morgan fingerprint density at radius 3 is 2.38 bits per heavy atom. The number of carbonyl (C=O) groups is 2. The van der Waals surface area contributed by atoms with Crippen LogP contribution in [0.3, 0.4) is 0 Å². The van der Waals surface area contributed by atoms with Gasteiger partial charge in [0.25, 0.3) is 0 Å². The summed E-state index contributed by atoms with van der Waals surface area (Å²) in [5.74, 6) is -0.252. The molecule has 0 saturated heterocycles. The van der Waals surface area contributed by atoms with Crippen molar-refractivity contribution in [3.8, 4) is 5.75 Å². The highest BCUT2D eigenvalue weighted by molar-refractivity contribution is 6.32. The summed E-state index contributed by atoms with van der Waals surface area (Å²) < 4.78 is 5.23. The summed E-state index contributed by atoms with van der Waals surface area (Å²) in [5.41, 5.74) is 1.32. The van der Waals surface area contributed by atoms with Crippen LogP contribution in [0.1, 0.15) is 22.8 Å². The predicted octanol–water partition coefficient (Wildman–Crippen LogP) is 3.20. The zero-order valence-corrected chi connectivity index (χ0v) is 12.2. The first kappa shape index (κ1) is 15.1. The van der Waals surface area contributed by atoms with Crippen LogP contribution in [0.5, 0.6) is 5.75 Å². The van der Waals surface area contributed by atoms with Crippen LogP contribution in [-0.2, 0) is 11.3 Å². The quantitative estimate of drug-likeness (QED) is 0.697. The van der Waals surface area contributed by atoms with Crippen molar-refractivity contribution in [1.82, 2.24) is 5.32 Å². The molecular weight excluding hydrogens is 290 g/mol. The van der Waals surface area contributed by atoms with Gasteiger partial charge in [0, 0.05) is 13.5 Å². The van der Waals surface area contributed by atoms with Gasteiger partial charge in [0.15, 0.2) is 0 Å². The lowest BCUT2D eigenvalue weighted by molar-refractivity contribution is -0.119. The first-order valence-electron chi connectivity index (χ1n) is 6.36. The molecule has 0 atom stereocenters. The molecule has 0 aliphatic carbocycles. The van der Waals surface area contributed by atoms with E-state index in [4.69, 9.17) is 16.3 Å². The molecule has 1 N–H and O–H groups in total. The minimum absolute atomic E-state index is 0.0998. The summed E-state index contributed by atoms with van der Waals surface area (Å²) >= 11 is 5.93. The molecule has 0 spiro atoms. The zero-order valence-electron chi connectivity index (χ0n) is 11.4. The largest absolute Gasteiger partial charge is 0.421 e. The molecule has 0 saturated carbocycles. The molecule has 0 unspecified atom stereocenters. The molecule has 2 aromatic rings. The smallest absolute Gasteiger partial charge is 0.343 e. The third-order valence-corrected chi connectivity index (χ3v) is 3.08. The van der Waals surface area contributed by atoms with E-state index in [9.17, 15) is 9.59 Å². The summed E-state index contributed by atoms with van der Waals surface area (Å²) in [4.78, 5) is 22.8. The third kappa shape index (κ3) is 4.33. The lowest BCUT2D eigenvalue weighted by Crippen LogP contribution is -2.19. The van der Waals surface area contributed by atoms with Crippen LogP contribution in [0.15, 0.2) is 48.5 Å². The van der Waals surface area contributed by atoms with Gasteiger partial charge in [0.05, 0.1) is 10.6 Å². The molecule has 108 valence electrons. The van der Waals surface area contributed by atoms with Gasteiger partial charge in [-0.3, -0.25) is 4.79 Å². The summed E-state index contributed by atoms with van der Waals surface area (Å²) in [6.07, 6.45) is 0. The normalized spacial score (nSPS) is 10.0. The molecule has 0 aliphatic rings. The van der Waals surface area contributed by atoms with Crippen LogP contribution in [0, 0.1) is 0 Å². The Morgan fingerprint density at radius 2 is 1.76 bits per heavy atom. The monoisotopic (exact) mass is 303 g/mol. The number of amides is 1. The van der Waals surface area contributed by atoms with E-state index in [1.807, 2.05) is 0 Å². The fraction of sp³-hybridized carbons (Fsp3) is 0.125. The average molecular weight is 304 g/mol. The standard InChI is InChI=1S/C16H14ClNO3/c1-11(19)18-10-12-6-8-13(9-7-12)16(20)21-15-5-3-2-4-14(15)17/h2-9H,10H2,1H3,(H,18,19).